The highest BCUT2D eigenvalue weighted by Crippen LogP contribution is 2.32. The summed E-state index contributed by atoms with van der Waals surface area (Å²) >= 11 is 6.78. The predicted octanol–water partition coefficient (Wildman–Crippen LogP) is 5.67. The minimum absolute atomic E-state index is 0.147. The largest absolute Gasteiger partial charge is 0.492 e. The predicted molar refractivity (Wildman–Crippen MR) is 127 cm³/mol. The van der Waals surface area contributed by atoms with Gasteiger partial charge in [-0.3, -0.25) is 14.5 Å². The summed E-state index contributed by atoms with van der Waals surface area (Å²) in [7, 11) is 0. The highest BCUT2D eigenvalue weighted by atomic mass is 35.5. The molecule has 1 fully saturated rings. The number of hydrogen-bond acceptors (Lipinski definition) is 6. The van der Waals surface area contributed by atoms with Crippen LogP contribution in [0.2, 0.25) is 5.02 Å². The van der Waals surface area contributed by atoms with Crippen LogP contribution in [0.1, 0.15) is 15.9 Å². The highest BCUT2D eigenvalue weighted by Gasteiger charge is 2.34. The van der Waals surface area contributed by atoms with Crippen LogP contribution in [0.3, 0.4) is 0 Å². The first-order valence-electron chi connectivity index (χ1n) is 10.0. The molecular weight excluding hydrogens is 462 g/mol. The fourth-order valence-electron chi connectivity index (χ4n) is 3.06. The summed E-state index contributed by atoms with van der Waals surface area (Å²) in [5.41, 5.74) is 0.948. The minimum atomic E-state index is -0.548. The fraction of sp³-hybridized carbons (Fsp3) is 0.0800. The summed E-state index contributed by atoms with van der Waals surface area (Å²) in [6, 6.07) is 22.3. The molecule has 0 unspecified atom stereocenters. The number of esters is 1. The Bertz CT molecular complexity index is 1230. The highest BCUT2D eigenvalue weighted by molar-refractivity contribution is 8.18. The molecule has 0 aliphatic carbocycles. The molecule has 0 spiro atoms. The van der Waals surface area contributed by atoms with Gasteiger partial charge in [0.05, 0.1) is 17.0 Å². The number of amides is 2. The molecule has 0 N–H and O–H groups in total. The Morgan fingerprint density at radius 1 is 0.939 bits per heavy atom. The van der Waals surface area contributed by atoms with Gasteiger partial charge in [-0.05, 0) is 65.9 Å². The number of carbonyl (C=O) groups is 3. The molecule has 3 aromatic carbocycles. The van der Waals surface area contributed by atoms with Crippen LogP contribution in [-0.4, -0.2) is 35.2 Å². The van der Waals surface area contributed by atoms with E-state index in [9.17, 15) is 14.4 Å². The third-order valence-corrected chi connectivity index (χ3v) is 5.77. The van der Waals surface area contributed by atoms with Gasteiger partial charge in [0.15, 0.2) is 0 Å². The van der Waals surface area contributed by atoms with Gasteiger partial charge < -0.3 is 9.47 Å². The lowest BCUT2D eigenvalue weighted by Gasteiger charge is -2.13. The number of halogens is 1. The van der Waals surface area contributed by atoms with Crippen LogP contribution in [0.15, 0.2) is 83.8 Å². The molecule has 1 saturated heterocycles. The average molecular weight is 480 g/mol. The number of para-hydroxylation sites is 1. The molecule has 3 aromatic rings. The summed E-state index contributed by atoms with van der Waals surface area (Å²) in [4.78, 5) is 38.8. The Morgan fingerprint density at radius 2 is 1.70 bits per heavy atom. The monoisotopic (exact) mass is 479 g/mol. The third-order valence-electron chi connectivity index (χ3n) is 4.63. The molecule has 8 heteroatoms. The summed E-state index contributed by atoms with van der Waals surface area (Å²) in [5, 5.41) is 0.0783. The van der Waals surface area contributed by atoms with E-state index in [-0.39, 0.29) is 29.2 Å². The number of thioether (sulfide) groups is 1. The van der Waals surface area contributed by atoms with Gasteiger partial charge in [-0.1, -0.05) is 48.0 Å². The van der Waals surface area contributed by atoms with E-state index in [2.05, 4.69) is 0 Å². The van der Waals surface area contributed by atoms with Crippen LogP contribution in [0.4, 0.5) is 4.79 Å². The van der Waals surface area contributed by atoms with E-state index in [1.807, 2.05) is 18.2 Å². The van der Waals surface area contributed by atoms with Crippen molar-refractivity contribution < 1.29 is 23.9 Å². The van der Waals surface area contributed by atoms with E-state index in [1.165, 1.54) is 6.07 Å². The van der Waals surface area contributed by atoms with Crippen LogP contribution < -0.4 is 9.47 Å². The van der Waals surface area contributed by atoms with E-state index in [0.717, 1.165) is 16.7 Å². The zero-order valence-electron chi connectivity index (χ0n) is 17.3. The Labute approximate surface area is 199 Å². The molecule has 2 amide bonds. The lowest BCUT2D eigenvalue weighted by atomic mass is 10.2. The Kier molecular flexibility index (Phi) is 7.12. The average Bonchev–Trinajstić information content (AvgIpc) is 3.07. The molecule has 0 atom stereocenters. The van der Waals surface area contributed by atoms with Gasteiger partial charge in [0.1, 0.15) is 18.1 Å². The number of benzene rings is 3. The number of carbonyl (C=O) groups excluding carboxylic acids is 3. The molecule has 33 heavy (non-hydrogen) atoms. The summed E-state index contributed by atoms with van der Waals surface area (Å²) in [5.74, 6) is 0.0461. The number of ether oxygens (including phenoxy) is 2. The van der Waals surface area contributed by atoms with E-state index < -0.39 is 5.97 Å². The van der Waals surface area contributed by atoms with Gasteiger partial charge >= 0.3 is 5.97 Å². The Morgan fingerprint density at radius 3 is 2.48 bits per heavy atom. The van der Waals surface area contributed by atoms with E-state index in [4.69, 9.17) is 21.1 Å². The maximum Gasteiger partial charge on any atom is 0.343 e. The van der Waals surface area contributed by atoms with Crippen molar-refractivity contribution in [3.8, 4) is 11.5 Å². The molecule has 1 aliphatic heterocycles. The van der Waals surface area contributed by atoms with Gasteiger partial charge in [0, 0.05) is 5.02 Å². The van der Waals surface area contributed by atoms with Crippen molar-refractivity contribution in [3.63, 3.8) is 0 Å². The lowest BCUT2D eigenvalue weighted by Crippen LogP contribution is -2.32. The zero-order chi connectivity index (χ0) is 23.2. The molecule has 166 valence electrons. The second-order valence-electron chi connectivity index (χ2n) is 6.97. The van der Waals surface area contributed by atoms with Gasteiger partial charge in [-0.15, -0.1) is 0 Å². The second-order valence-corrected chi connectivity index (χ2v) is 8.40. The molecule has 1 heterocycles. The summed E-state index contributed by atoms with van der Waals surface area (Å²) < 4.78 is 11.0. The number of rotatable bonds is 7. The van der Waals surface area contributed by atoms with E-state index in [1.54, 1.807) is 60.7 Å². The maximum absolute atomic E-state index is 12.7. The third kappa shape index (κ3) is 5.83. The number of imide groups is 1. The molecule has 0 radical (unpaired) electrons. The smallest absolute Gasteiger partial charge is 0.343 e. The molecule has 4 rings (SSSR count). The van der Waals surface area contributed by atoms with Crippen molar-refractivity contribution in [2.75, 3.05) is 13.2 Å². The standard InChI is InChI=1S/C25H18ClNO5S/c26-19-8-5-7-18(16-19)24(29)32-21-11-4-6-17(14-21)15-22-23(28)27(25(30)33-22)12-13-31-20-9-2-1-3-10-20/h1-11,14-16H,12-13H2/b22-15-. The first kappa shape index (κ1) is 22.6. The van der Waals surface area contributed by atoms with Gasteiger partial charge in [0.25, 0.3) is 11.1 Å². The fourth-order valence-corrected chi connectivity index (χ4v) is 4.12. The van der Waals surface area contributed by atoms with Gasteiger partial charge in [0.2, 0.25) is 0 Å². The van der Waals surface area contributed by atoms with Crippen molar-refractivity contribution in [3.05, 3.63) is 99.9 Å². The summed E-state index contributed by atoms with van der Waals surface area (Å²) in [6.07, 6.45) is 1.60. The van der Waals surface area contributed by atoms with Gasteiger partial charge in [-0.2, -0.15) is 0 Å². The molecule has 1 aliphatic rings. The second kappa shape index (κ2) is 10.4. The topological polar surface area (TPSA) is 72.9 Å². The maximum atomic E-state index is 12.7. The SMILES string of the molecule is O=C(Oc1cccc(/C=C2\SC(=O)N(CCOc3ccccc3)C2=O)c1)c1cccc(Cl)c1. The lowest BCUT2D eigenvalue weighted by molar-refractivity contribution is -0.123. The molecule has 0 aromatic heterocycles. The first-order valence-corrected chi connectivity index (χ1v) is 11.2. The molecule has 6 nitrogen and oxygen atoms in total. The zero-order valence-corrected chi connectivity index (χ0v) is 18.8. The van der Waals surface area contributed by atoms with E-state index >= 15 is 0 Å². The van der Waals surface area contributed by atoms with Crippen molar-refractivity contribution in [1.29, 1.82) is 0 Å². The molecule has 0 bridgehead atoms. The molecule has 0 saturated carbocycles. The van der Waals surface area contributed by atoms with Crippen LogP contribution in [0.25, 0.3) is 6.08 Å². The van der Waals surface area contributed by atoms with Crippen LogP contribution in [-0.2, 0) is 4.79 Å². The van der Waals surface area contributed by atoms with Crippen molar-refractivity contribution >= 4 is 46.6 Å². The minimum Gasteiger partial charge on any atom is -0.492 e. The normalized spacial score (nSPS) is 14.6. The number of nitrogens with zero attached hydrogens (tertiary/aromatic N) is 1. The van der Waals surface area contributed by atoms with Gasteiger partial charge in [-0.25, -0.2) is 4.79 Å². The van der Waals surface area contributed by atoms with Crippen molar-refractivity contribution in [2.45, 2.75) is 0 Å². The number of hydrogen-bond donors (Lipinski definition) is 0. The summed E-state index contributed by atoms with van der Waals surface area (Å²) in [6.45, 7) is 0.346. The Hall–Kier alpha value is -3.55. The first-order chi connectivity index (χ1) is 16.0. The van der Waals surface area contributed by atoms with E-state index in [0.29, 0.717) is 27.6 Å². The van der Waals surface area contributed by atoms with Crippen LogP contribution in [0, 0.1) is 0 Å². The van der Waals surface area contributed by atoms with Crippen molar-refractivity contribution in [2.24, 2.45) is 0 Å². The van der Waals surface area contributed by atoms with Crippen molar-refractivity contribution in [1.82, 2.24) is 4.90 Å². The molecular formula is C25H18ClNO5S. The van der Waals surface area contributed by atoms with Crippen LogP contribution >= 0.6 is 23.4 Å². The van der Waals surface area contributed by atoms with Crippen LogP contribution in [0.5, 0.6) is 11.5 Å². The quantitative estimate of drug-likeness (QED) is 0.247. The Balaban J connectivity index is 1.40.